The first-order valence-electron chi connectivity index (χ1n) is 7.11. The summed E-state index contributed by atoms with van der Waals surface area (Å²) in [5, 5.41) is 0. The summed E-state index contributed by atoms with van der Waals surface area (Å²) < 4.78 is 0. The third-order valence-corrected chi connectivity index (χ3v) is 3.96. The number of carbonyl (C=O) groups excluding carboxylic acids is 1. The highest BCUT2D eigenvalue weighted by atomic mass is 16.2. The lowest BCUT2D eigenvalue weighted by Gasteiger charge is -2.40. The molecule has 0 saturated carbocycles. The fraction of sp³-hybridized carbons (Fsp3) is 0.562. The maximum absolute atomic E-state index is 11.5. The lowest BCUT2D eigenvalue weighted by atomic mass is 10.0. The van der Waals surface area contributed by atoms with Gasteiger partial charge in [-0.1, -0.05) is 26.0 Å². The second-order valence-corrected chi connectivity index (χ2v) is 5.75. The molecule has 1 heterocycles. The van der Waals surface area contributed by atoms with Crippen LogP contribution in [-0.2, 0) is 4.79 Å². The van der Waals surface area contributed by atoms with Gasteiger partial charge in [-0.3, -0.25) is 4.79 Å². The minimum atomic E-state index is 0.183. The number of hydrogen-bond acceptors (Lipinski definition) is 2. The molecule has 19 heavy (non-hydrogen) atoms. The second kappa shape index (κ2) is 5.64. The Morgan fingerprint density at radius 1 is 1.21 bits per heavy atom. The number of amides is 1. The molecular formula is C16H24N2O. The minimum Gasteiger partial charge on any atom is -0.368 e. The summed E-state index contributed by atoms with van der Waals surface area (Å²) in [5.74, 6) is 0.754. The predicted octanol–water partition coefficient (Wildman–Crippen LogP) is 2.87. The van der Waals surface area contributed by atoms with E-state index in [0.29, 0.717) is 5.92 Å². The van der Waals surface area contributed by atoms with Gasteiger partial charge in [0.15, 0.2) is 0 Å². The topological polar surface area (TPSA) is 23.6 Å². The van der Waals surface area contributed by atoms with E-state index in [-0.39, 0.29) is 11.9 Å². The van der Waals surface area contributed by atoms with Gasteiger partial charge in [0.1, 0.15) is 0 Å². The van der Waals surface area contributed by atoms with E-state index in [1.165, 1.54) is 11.3 Å². The van der Waals surface area contributed by atoms with Crippen molar-refractivity contribution in [3.05, 3.63) is 29.8 Å². The molecule has 0 bridgehead atoms. The van der Waals surface area contributed by atoms with Gasteiger partial charge in [0.05, 0.1) is 0 Å². The molecule has 0 radical (unpaired) electrons. The van der Waals surface area contributed by atoms with Gasteiger partial charge in [0.2, 0.25) is 5.91 Å². The van der Waals surface area contributed by atoms with Crippen molar-refractivity contribution in [1.29, 1.82) is 0 Å². The Kier molecular flexibility index (Phi) is 4.13. The summed E-state index contributed by atoms with van der Waals surface area (Å²) in [6.45, 7) is 10.9. The Bertz CT molecular complexity index is 439. The average molecular weight is 260 g/mol. The smallest absolute Gasteiger partial charge is 0.219 e. The molecule has 1 saturated heterocycles. The van der Waals surface area contributed by atoms with Crippen LogP contribution in [0.2, 0.25) is 0 Å². The lowest BCUT2D eigenvalue weighted by molar-refractivity contribution is -0.131. The van der Waals surface area contributed by atoms with Crippen LogP contribution >= 0.6 is 0 Å². The van der Waals surface area contributed by atoms with Crippen molar-refractivity contribution in [1.82, 2.24) is 4.90 Å². The van der Waals surface area contributed by atoms with Gasteiger partial charge in [-0.2, -0.15) is 0 Å². The molecule has 1 aromatic rings. The van der Waals surface area contributed by atoms with Crippen LogP contribution in [0.1, 0.15) is 39.2 Å². The standard InChI is InChI=1S/C16H24N2O/c1-12(2)15-5-7-16(8-6-15)17-9-10-18(14(4)19)13(3)11-17/h5-8,12-13H,9-11H2,1-4H3/t13-/m1/s1. The maximum atomic E-state index is 11.5. The zero-order chi connectivity index (χ0) is 14.0. The van der Waals surface area contributed by atoms with Gasteiger partial charge in [-0.25, -0.2) is 0 Å². The fourth-order valence-electron chi connectivity index (χ4n) is 2.73. The molecule has 2 rings (SSSR count). The van der Waals surface area contributed by atoms with Gasteiger partial charge in [0.25, 0.3) is 0 Å². The number of piperazine rings is 1. The monoisotopic (exact) mass is 260 g/mol. The first-order valence-corrected chi connectivity index (χ1v) is 7.11. The average Bonchev–Trinajstić information content (AvgIpc) is 2.38. The van der Waals surface area contributed by atoms with Gasteiger partial charge >= 0.3 is 0 Å². The number of nitrogens with zero attached hydrogens (tertiary/aromatic N) is 2. The number of benzene rings is 1. The number of anilines is 1. The summed E-state index contributed by atoms with van der Waals surface area (Å²) in [6.07, 6.45) is 0. The van der Waals surface area contributed by atoms with Crippen LogP contribution in [0.25, 0.3) is 0 Å². The maximum Gasteiger partial charge on any atom is 0.219 e. The molecule has 1 aliphatic heterocycles. The van der Waals surface area contributed by atoms with Crippen molar-refractivity contribution in [3.63, 3.8) is 0 Å². The van der Waals surface area contributed by atoms with Crippen molar-refractivity contribution >= 4 is 11.6 Å². The summed E-state index contributed by atoms with van der Waals surface area (Å²) in [7, 11) is 0. The number of rotatable bonds is 2. The van der Waals surface area contributed by atoms with Crippen molar-refractivity contribution in [3.8, 4) is 0 Å². The molecule has 1 fully saturated rings. The molecule has 1 amide bonds. The molecule has 0 N–H and O–H groups in total. The van der Waals surface area contributed by atoms with E-state index in [2.05, 4.69) is 49.9 Å². The third-order valence-electron chi connectivity index (χ3n) is 3.96. The van der Waals surface area contributed by atoms with Crippen LogP contribution in [0.4, 0.5) is 5.69 Å². The molecule has 104 valence electrons. The molecule has 0 aromatic heterocycles. The number of carbonyl (C=O) groups is 1. The molecule has 3 heteroatoms. The van der Waals surface area contributed by atoms with E-state index in [4.69, 9.17) is 0 Å². The SMILES string of the molecule is CC(=O)N1CCN(c2ccc(C(C)C)cc2)C[C@H]1C. The van der Waals surface area contributed by atoms with Gasteiger partial charge < -0.3 is 9.80 Å². The van der Waals surface area contributed by atoms with E-state index in [9.17, 15) is 4.79 Å². The largest absolute Gasteiger partial charge is 0.368 e. The Balaban J connectivity index is 2.06. The number of hydrogen-bond donors (Lipinski definition) is 0. The summed E-state index contributed by atoms with van der Waals surface area (Å²) >= 11 is 0. The molecule has 0 spiro atoms. The third kappa shape index (κ3) is 3.09. The van der Waals surface area contributed by atoms with Crippen molar-refractivity contribution in [2.75, 3.05) is 24.5 Å². The normalized spacial score (nSPS) is 19.9. The van der Waals surface area contributed by atoms with Crippen LogP contribution in [0.3, 0.4) is 0 Å². The molecule has 1 atom stereocenters. The van der Waals surface area contributed by atoms with E-state index >= 15 is 0 Å². The summed E-state index contributed by atoms with van der Waals surface area (Å²) in [6, 6.07) is 9.11. The lowest BCUT2D eigenvalue weighted by Crippen LogP contribution is -2.53. The highest BCUT2D eigenvalue weighted by molar-refractivity contribution is 5.74. The van der Waals surface area contributed by atoms with E-state index in [0.717, 1.165) is 19.6 Å². The van der Waals surface area contributed by atoms with Crippen molar-refractivity contribution in [2.45, 2.75) is 39.7 Å². The molecule has 3 nitrogen and oxygen atoms in total. The van der Waals surface area contributed by atoms with Crippen LogP contribution < -0.4 is 4.90 Å². The quantitative estimate of drug-likeness (QED) is 0.816. The Labute approximate surface area is 116 Å². The van der Waals surface area contributed by atoms with Crippen LogP contribution in [0, 0.1) is 0 Å². The van der Waals surface area contributed by atoms with E-state index < -0.39 is 0 Å². The van der Waals surface area contributed by atoms with Crippen LogP contribution in [0.5, 0.6) is 0 Å². The van der Waals surface area contributed by atoms with Crippen LogP contribution in [0.15, 0.2) is 24.3 Å². The van der Waals surface area contributed by atoms with Crippen molar-refractivity contribution < 1.29 is 4.79 Å². The zero-order valence-corrected chi connectivity index (χ0v) is 12.4. The second-order valence-electron chi connectivity index (χ2n) is 5.75. The Morgan fingerprint density at radius 3 is 2.32 bits per heavy atom. The Morgan fingerprint density at radius 2 is 1.84 bits per heavy atom. The highest BCUT2D eigenvalue weighted by Crippen LogP contribution is 2.22. The first kappa shape index (κ1) is 13.9. The van der Waals surface area contributed by atoms with Gasteiger partial charge in [-0.05, 0) is 30.5 Å². The predicted molar refractivity (Wildman–Crippen MR) is 79.6 cm³/mol. The Hall–Kier alpha value is -1.51. The minimum absolute atomic E-state index is 0.183. The summed E-state index contributed by atoms with van der Waals surface area (Å²) in [5.41, 5.74) is 2.64. The van der Waals surface area contributed by atoms with Crippen molar-refractivity contribution in [2.24, 2.45) is 0 Å². The summed E-state index contributed by atoms with van der Waals surface area (Å²) in [4.78, 5) is 15.8. The molecular weight excluding hydrogens is 236 g/mol. The van der Waals surface area contributed by atoms with Gasteiger partial charge in [-0.15, -0.1) is 0 Å². The van der Waals surface area contributed by atoms with Gasteiger partial charge in [0, 0.05) is 38.3 Å². The van der Waals surface area contributed by atoms with E-state index in [1.54, 1.807) is 6.92 Å². The first-order chi connectivity index (χ1) is 8.99. The molecule has 1 aliphatic rings. The molecule has 0 aliphatic carbocycles. The molecule has 0 unspecified atom stereocenters. The molecule has 1 aromatic carbocycles. The zero-order valence-electron chi connectivity index (χ0n) is 12.4. The van der Waals surface area contributed by atoms with E-state index in [1.807, 2.05) is 4.90 Å². The fourth-order valence-corrected chi connectivity index (χ4v) is 2.73. The van der Waals surface area contributed by atoms with Crippen LogP contribution in [-0.4, -0.2) is 36.5 Å². The highest BCUT2D eigenvalue weighted by Gasteiger charge is 2.25.